The number of nitrogens with one attached hydrogen (secondary N) is 1. The lowest BCUT2D eigenvalue weighted by Gasteiger charge is -2.36. The fourth-order valence-corrected chi connectivity index (χ4v) is 7.60. The molecule has 0 unspecified atom stereocenters. The first-order valence-electron chi connectivity index (χ1n) is 12.9. The number of carbonyl (C=O) groups is 1. The first kappa shape index (κ1) is 27.0. The average molecular weight is 534 g/mol. The van der Waals surface area contributed by atoms with Gasteiger partial charge in [-0.05, 0) is 80.7 Å². The van der Waals surface area contributed by atoms with Gasteiger partial charge in [0.2, 0.25) is 10.0 Å². The topological polar surface area (TPSA) is 108 Å². The summed E-state index contributed by atoms with van der Waals surface area (Å²) < 4.78 is 28.1. The third kappa shape index (κ3) is 5.45. The largest absolute Gasteiger partial charge is 0.351 e. The summed E-state index contributed by atoms with van der Waals surface area (Å²) in [5, 5.41) is 3.41. The quantitative estimate of drug-likeness (QED) is 0.543. The number of anilines is 1. The Labute approximate surface area is 220 Å². The molecule has 36 heavy (non-hydrogen) atoms. The molecule has 1 saturated heterocycles. The Kier molecular flexibility index (Phi) is 7.78. The predicted octanol–water partition coefficient (Wildman–Crippen LogP) is 3.68. The van der Waals surface area contributed by atoms with Gasteiger partial charge >= 0.3 is 6.03 Å². The molecule has 10 heteroatoms. The molecule has 4 rings (SSSR count). The molecule has 0 aromatic heterocycles. The smallest absolute Gasteiger partial charge is 0.318 e. The van der Waals surface area contributed by atoms with Crippen LogP contribution in [0.15, 0.2) is 17.1 Å². The summed E-state index contributed by atoms with van der Waals surface area (Å²) in [6, 6.07) is 3.22. The van der Waals surface area contributed by atoms with Crippen molar-refractivity contribution in [3.63, 3.8) is 0 Å². The standard InChI is InChI=1S/C26H39N5O3S2/c1-17-5-7-20(8-6-17)23-28-24(35)26(29-23)10-12-31(13-11-26)36(33,34)14-9-22-18(2)15-21(16-19(22)3)30(4)25(27)32/h15-17,20H,5-14H2,1-4H3,(H2,27,32)(H,28,29,35). The van der Waals surface area contributed by atoms with Crippen molar-refractivity contribution in [2.45, 2.75) is 71.3 Å². The van der Waals surface area contributed by atoms with Crippen molar-refractivity contribution in [3.05, 3.63) is 28.8 Å². The second-order valence-corrected chi connectivity index (χ2v) is 13.4. The van der Waals surface area contributed by atoms with Crippen LogP contribution in [0.1, 0.15) is 62.1 Å². The number of rotatable bonds is 6. The van der Waals surface area contributed by atoms with Crippen molar-refractivity contribution in [3.8, 4) is 0 Å². The van der Waals surface area contributed by atoms with Crippen molar-refractivity contribution in [1.29, 1.82) is 0 Å². The molecule has 3 aliphatic rings. The minimum Gasteiger partial charge on any atom is -0.351 e. The number of aryl methyl sites for hydroxylation is 2. The van der Waals surface area contributed by atoms with Gasteiger partial charge in [-0.2, -0.15) is 0 Å². The highest BCUT2D eigenvalue weighted by atomic mass is 32.2. The second-order valence-electron chi connectivity index (χ2n) is 10.9. The lowest BCUT2D eigenvalue weighted by atomic mass is 9.82. The van der Waals surface area contributed by atoms with Crippen LogP contribution >= 0.6 is 12.2 Å². The zero-order valence-electron chi connectivity index (χ0n) is 21.8. The fraction of sp³-hybridized carbons (Fsp3) is 0.654. The van der Waals surface area contributed by atoms with Gasteiger partial charge in [-0.1, -0.05) is 32.0 Å². The van der Waals surface area contributed by atoms with E-state index in [1.807, 2.05) is 26.0 Å². The van der Waals surface area contributed by atoms with Gasteiger partial charge in [0, 0.05) is 31.7 Å². The highest BCUT2D eigenvalue weighted by Gasteiger charge is 2.45. The Balaban J connectivity index is 1.39. The minimum atomic E-state index is -3.42. The van der Waals surface area contributed by atoms with Crippen LogP contribution in [0.4, 0.5) is 10.5 Å². The molecule has 2 amide bonds. The number of carbonyl (C=O) groups excluding carboxylic acids is 1. The molecule has 2 fully saturated rings. The molecular formula is C26H39N5O3S2. The maximum Gasteiger partial charge on any atom is 0.318 e. The van der Waals surface area contributed by atoms with E-state index in [-0.39, 0.29) is 5.75 Å². The predicted molar refractivity (Wildman–Crippen MR) is 149 cm³/mol. The maximum atomic E-state index is 13.2. The Bertz CT molecular complexity index is 1140. The molecule has 2 aliphatic heterocycles. The van der Waals surface area contributed by atoms with Crippen LogP contribution in [0.2, 0.25) is 0 Å². The Hall–Kier alpha value is -2.04. The van der Waals surface area contributed by atoms with Crippen LogP contribution in [0, 0.1) is 25.7 Å². The van der Waals surface area contributed by atoms with Gasteiger partial charge in [-0.15, -0.1) is 0 Å². The summed E-state index contributed by atoms with van der Waals surface area (Å²) >= 11 is 5.72. The number of hydrogen-bond donors (Lipinski definition) is 2. The van der Waals surface area contributed by atoms with E-state index in [4.69, 9.17) is 22.9 Å². The molecule has 0 bridgehead atoms. The van der Waals surface area contributed by atoms with Gasteiger partial charge in [-0.3, -0.25) is 9.89 Å². The van der Waals surface area contributed by atoms with Crippen LogP contribution in [0.3, 0.4) is 0 Å². The number of aliphatic imine (C=N–C) groups is 1. The summed E-state index contributed by atoms with van der Waals surface area (Å²) in [6.45, 7) is 7.05. The van der Waals surface area contributed by atoms with E-state index in [2.05, 4.69) is 12.2 Å². The lowest BCUT2D eigenvalue weighted by Crippen LogP contribution is -2.50. The summed E-state index contributed by atoms with van der Waals surface area (Å²) in [5.74, 6) is 2.30. The lowest BCUT2D eigenvalue weighted by molar-refractivity contribution is 0.255. The number of amidine groups is 1. The third-order valence-electron chi connectivity index (χ3n) is 8.35. The molecule has 1 saturated carbocycles. The normalized spacial score (nSPS) is 24.4. The Morgan fingerprint density at radius 1 is 1.19 bits per heavy atom. The molecule has 0 atom stereocenters. The third-order valence-corrected chi connectivity index (χ3v) is 10.7. The number of amides is 2. The van der Waals surface area contributed by atoms with E-state index in [9.17, 15) is 13.2 Å². The van der Waals surface area contributed by atoms with Crippen molar-refractivity contribution in [2.75, 3.05) is 30.8 Å². The molecule has 8 nitrogen and oxygen atoms in total. The van der Waals surface area contributed by atoms with Crippen LogP contribution in [0.25, 0.3) is 0 Å². The minimum absolute atomic E-state index is 0.0458. The zero-order valence-corrected chi connectivity index (χ0v) is 23.5. The number of thiocarbonyl (C=S) groups is 1. The van der Waals surface area contributed by atoms with Crippen molar-refractivity contribution < 1.29 is 13.2 Å². The van der Waals surface area contributed by atoms with E-state index < -0.39 is 21.6 Å². The van der Waals surface area contributed by atoms with Gasteiger partial charge in [-0.25, -0.2) is 17.5 Å². The number of hydrogen-bond acceptors (Lipinski definition) is 5. The summed E-state index contributed by atoms with van der Waals surface area (Å²) in [6.07, 6.45) is 6.40. The van der Waals surface area contributed by atoms with Crippen LogP contribution < -0.4 is 16.0 Å². The van der Waals surface area contributed by atoms with Gasteiger partial charge < -0.3 is 11.1 Å². The Morgan fingerprint density at radius 3 is 2.33 bits per heavy atom. The van der Waals surface area contributed by atoms with Gasteiger partial charge in [0.15, 0.2) is 0 Å². The number of nitrogens with zero attached hydrogens (tertiary/aromatic N) is 3. The van der Waals surface area contributed by atoms with Gasteiger partial charge in [0.25, 0.3) is 0 Å². The fourth-order valence-electron chi connectivity index (χ4n) is 5.79. The highest BCUT2D eigenvalue weighted by Crippen LogP contribution is 2.36. The first-order chi connectivity index (χ1) is 16.9. The maximum absolute atomic E-state index is 13.2. The van der Waals surface area contributed by atoms with Gasteiger partial charge in [0.05, 0.1) is 5.75 Å². The summed E-state index contributed by atoms with van der Waals surface area (Å²) in [5.41, 5.74) is 8.54. The van der Waals surface area contributed by atoms with Crippen LogP contribution in [-0.2, 0) is 16.4 Å². The number of benzene rings is 1. The van der Waals surface area contributed by atoms with E-state index in [0.717, 1.165) is 46.3 Å². The van der Waals surface area contributed by atoms with Crippen molar-refractivity contribution in [1.82, 2.24) is 9.62 Å². The number of sulfonamides is 1. The molecule has 1 aliphatic carbocycles. The highest BCUT2D eigenvalue weighted by molar-refractivity contribution is 7.89. The monoisotopic (exact) mass is 533 g/mol. The summed E-state index contributed by atoms with van der Waals surface area (Å²) in [7, 11) is -1.80. The molecule has 198 valence electrons. The van der Waals surface area contributed by atoms with E-state index in [1.54, 1.807) is 11.4 Å². The van der Waals surface area contributed by atoms with E-state index >= 15 is 0 Å². The number of primary amides is 1. The first-order valence-corrected chi connectivity index (χ1v) is 15.0. The number of urea groups is 1. The van der Waals surface area contributed by atoms with Crippen molar-refractivity contribution in [2.24, 2.45) is 22.6 Å². The second kappa shape index (κ2) is 10.4. The zero-order chi connectivity index (χ0) is 26.3. The summed E-state index contributed by atoms with van der Waals surface area (Å²) in [4.78, 5) is 18.7. The SMILES string of the molecule is Cc1cc(N(C)C(N)=O)cc(C)c1CCS(=O)(=O)N1CCC2(CC1)N=C(C1CCC(C)CC1)NC2=S. The van der Waals surface area contributed by atoms with Gasteiger partial charge in [0.1, 0.15) is 16.4 Å². The average Bonchev–Trinajstić information content (AvgIpc) is 3.13. The molecule has 1 spiro atoms. The number of piperidine rings is 1. The molecule has 1 aromatic rings. The van der Waals surface area contributed by atoms with E-state index in [0.29, 0.717) is 44.0 Å². The molecule has 1 aromatic carbocycles. The molecular weight excluding hydrogens is 494 g/mol. The molecule has 2 heterocycles. The van der Waals surface area contributed by atoms with E-state index in [1.165, 1.54) is 17.7 Å². The van der Waals surface area contributed by atoms with Crippen LogP contribution in [0.5, 0.6) is 0 Å². The molecule has 0 radical (unpaired) electrons. The van der Waals surface area contributed by atoms with Crippen molar-refractivity contribution >= 4 is 44.8 Å². The molecule has 3 N–H and O–H groups in total. The number of nitrogens with two attached hydrogens (primary N) is 1. The van der Waals surface area contributed by atoms with Crippen LogP contribution in [-0.4, -0.2) is 61.0 Å². The Morgan fingerprint density at radius 2 is 1.78 bits per heavy atom.